The second-order valence-corrected chi connectivity index (χ2v) is 4.09. The van der Waals surface area contributed by atoms with Gasteiger partial charge in [-0.3, -0.25) is 0 Å². The van der Waals surface area contributed by atoms with Gasteiger partial charge in [-0.2, -0.15) is 0 Å². The molecule has 0 amide bonds. The number of hydrogen-bond donors (Lipinski definition) is 1. The van der Waals surface area contributed by atoms with Crippen LogP contribution in [0, 0.1) is 18.5 Å². The van der Waals surface area contributed by atoms with Gasteiger partial charge in [0.05, 0.1) is 6.33 Å². The summed E-state index contributed by atoms with van der Waals surface area (Å²) in [5, 5.41) is 0. The third-order valence-corrected chi connectivity index (χ3v) is 2.44. The Kier molecular flexibility index (Phi) is 2.64. The van der Waals surface area contributed by atoms with Crippen molar-refractivity contribution in [2.75, 3.05) is 0 Å². The van der Waals surface area contributed by atoms with Gasteiger partial charge in [0, 0.05) is 5.69 Å². The summed E-state index contributed by atoms with van der Waals surface area (Å²) < 4.78 is 0.614. The fraction of sp³-hybridized carbons (Fsp3) is 0.167. The summed E-state index contributed by atoms with van der Waals surface area (Å²) >= 11 is 5.03. The van der Waals surface area contributed by atoms with Gasteiger partial charge in [-0.05, 0) is 37.6 Å². The molecule has 0 saturated heterocycles. The van der Waals surface area contributed by atoms with Crippen LogP contribution in [0.3, 0.4) is 0 Å². The molecule has 2 aromatic rings. The van der Waals surface area contributed by atoms with Crippen LogP contribution >= 0.6 is 12.2 Å². The first-order chi connectivity index (χ1) is 7.15. The normalized spacial score (nSPS) is 10.3. The van der Waals surface area contributed by atoms with E-state index in [0.29, 0.717) is 4.64 Å². The van der Waals surface area contributed by atoms with Gasteiger partial charge in [-0.1, -0.05) is 29.4 Å². The summed E-state index contributed by atoms with van der Waals surface area (Å²) in [7, 11) is 0. The average molecular weight is 216 g/mol. The SMILES string of the molecule is Cc1cc(C)cc(-c2cc(=S)nc[nH]2)c1. The van der Waals surface area contributed by atoms with Crippen molar-refractivity contribution >= 4 is 12.2 Å². The summed E-state index contributed by atoms with van der Waals surface area (Å²) in [5.41, 5.74) is 4.67. The highest BCUT2D eigenvalue weighted by molar-refractivity contribution is 7.71. The van der Waals surface area contributed by atoms with Crippen molar-refractivity contribution in [2.45, 2.75) is 13.8 Å². The van der Waals surface area contributed by atoms with Crippen molar-refractivity contribution in [1.29, 1.82) is 0 Å². The van der Waals surface area contributed by atoms with Crippen molar-refractivity contribution in [3.8, 4) is 11.3 Å². The largest absolute Gasteiger partial charge is 0.346 e. The Morgan fingerprint density at radius 1 is 1.07 bits per heavy atom. The highest BCUT2D eigenvalue weighted by Gasteiger charge is 1.99. The number of nitrogens with one attached hydrogen (secondary N) is 1. The Balaban J connectivity index is 2.58. The Labute approximate surface area is 94.0 Å². The van der Waals surface area contributed by atoms with Gasteiger partial charge in [-0.25, -0.2) is 4.98 Å². The van der Waals surface area contributed by atoms with Gasteiger partial charge < -0.3 is 4.98 Å². The predicted molar refractivity (Wildman–Crippen MR) is 64.3 cm³/mol. The topological polar surface area (TPSA) is 28.7 Å². The van der Waals surface area contributed by atoms with E-state index < -0.39 is 0 Å². The van der Waals surface area contributed by atoms with E-state index in [9.17, 15) is 0 Å². The minimum absolute atomic E-state index is 0.614. The molecule has 2 rings (SSSR count). The Hall–Kier alpha value is -1.48. The van der Waals surface area contributed by atoms with Crippen LogP contribution in [-0.4, -0.2) is 9.97 Å². The van der Waals surface area contributed by atoms with Crippen molar-refractivity contribution in [3.05, 3.63) is 46.4 Å². The third-order valence-electron chi connectivity index (χ3n) is 2.21. The second kappa shape index (κ2) is 3.95. The third kappa shape index (κ3) is 2.30. The molecule has 0 aliphatic heterocycles. The average Bonchev–Trinajstić information content (AvgIpc) is 2.16. The van der Waals surface area contributed by atoms with Crippen molar-refractivity contribution in [2.24, 2.45) is 0 Å². The molecule has 1 aromatic heterocycles. The molecule has 1 aromatic carbocycles. The quantitative estimate of drug-likeness (QED) is 0.740. The zero-order valence-electron chi connectivity index (χ0n) is 8.74. The van der Waals surface area contributed by atoms with Gasteiger partial charge in [0.1, 0.15) is 4.64 Å². The van der Waals surface area contributed by atoms with E-state index in [4.69, 9.17) is 12.2 Å². The van der Waals surface area contributed by atoms with E-state index in [-0.39, 0.29) is 0 Å². The Morgan fingerprint density at radius 2 is 1.73 bits per heavy atom. The number of aromatic amines is 1. The van der Waals surface area contributed by atoms with Crippen molar-refractivity contribution in [3.63, 3.8) is 0 Å². The lowest BCUT2D eigenvalue weighted by Crippen LogP contribution is -1.87. The standard InChI is InChI=1S/C12H12N2S/c1-8-3-9(2)5-10(4-8)11-6-12(15)14-7-13-11/h3-7H,1-2H3,(H,13,14,15). The molecule has 1 heterocycles. The van der Waals surface area contributed by atoms with Crippen LogP contribution in [0.15, 0.2) is 30.6 Å². The van der Waals surface area contributed by atoms with Crippen molar-refractivity contribution in [1.82, 2.24) is 9.97 Å². The molecule has 76 valence electrons. The van der Waals surface area contributed by atoms with Crippen LogP contribution in [0.1, 0.15) is 11.1 Å². The minimum Gasteiger partial charge on any atom is -0.346 e. The molecular weight excluding hydrogens is 204 g/mol. The summed E-state index contributed by atoms with van der Waals surface area (Å²) in [6, 6.07) is 8.30. The summed E-state index contributed by atoms with van der Waals surface area (Å²) in [4.78, 5) is 7.07. The zero-order valence-corrected chi connectivity index (χ0v) is 9.56. The van der Waals surface area contributed by atoms with Crippen LogP contribution in [0.25, 0.3) is 11.3 Å². The molecule has 3 heteroatoms. The first-order valence-corrected chi connectivity index (χ1v) is 5.19. The molecule has 0 bridgehead atoms. The molecule has 1 N–H and O–H groups in total. The first-order valence-electron chi connectivity index (χ1n) is 4.78. The number of aromatic nitrogens is 2. The van der Waals surface area contributed by atoms with E-state index in [0.717, 1.165) is 11.3 Å². The monoisotopic (exact) mass is 216 g/mol. The van der Waals surface area contributed by atoms with Crippen molar-refractivity contribution < 1.29 is 0 Å². The molecule has 0 aliphatic rings. The molecule has 0 unspecified atom stereocenters. The fourth-order valence-electron chi connectivity index (χ4n) is 1.66. The number of nitrogens with zero attached hydrogens (tertiary/aromatic N) is 1. The predicted octanol–water partition coefficient (Wildman–Crippen LogP) is 3.42. The maximum Gasteiger partial charge on any atom is 0.130 e. The zero-order chi connectivity index (χ0) is 10.8. The summed E-state index contributed by atoms with van der Waals surface area (Å²) in [6.07, 6.45) is 1.63. The number of aryl methyl sites for hydroxylation is 2. The smallest absolute Gasteiger partial charge is 0.130 e. The summed E-state index contributed by atoms with van der Waals surface area (Å²) in [5.74, 6) is 0. The van der Waals surface area contributed by atoms with Crippen LogP contribution in [0.2, 0.25) is 0 Å². The molecule has 15 heavy (non-hydrogen) atoms. The highest BCUT2D eigenvalue weighted by Crippen LogP contribution is 2.19. The maximum atomic E-state index is 5.03. The van der Waals surface area contributed by atoms with Crippen LogP contribution < -0.4 is 0 Å². The molecule has 0 aliphatic carbocycles. The second-order valence-electron chi connectivity index (χ2n) is 3.68. The lowest BCUT2D eigenvalue weighted by Gasteiger charge is -2.04. The number of rotatable bonds is 1. The minimum atomic E-state index is 0.614. The maximum absolute atomic E-state index is 5.03. The van der Waals surface area contributed by atoms with E-state index in [1.165, 1.54) is 11.1 Å². The van der Waals surface area contributed by atoms with Crippen LogP contribution in [0.5, 0.6) is 0 Å². The van der Waals surface area contributed by atoms with E-state index in [1.807, 2.05) is 6.07 Å². The number of benzene rings is 1. The van der Waals surface area contributed by atoms with E-state index in [2.05, 4.69) is 42.0 Å². The Morgan fingerprint density at radius 3 is 2.33 bits per heavy atom. The first kappa shape index (κ1) is 10.1. The molecule has 2 nitrogen and oxygen atoms in total. The van der Waals surface area contributed by atoms with Crippen LogP contribution in [-0.2, 0) is 0 Å². The Bertz CT molecular complexity index is 523. The molecule has 0 saturated carbocycles. The molecule has 0 spiro atoms. The number of hydrogen-bond acceptors (Lipinski definition) is 2. The molecule has 0 radical (unpaired) electrons. The molecule has 0 atom stereocenters. The fourth-order valence-corrected chi connectivity index (χ4v) is 1.84. The highest BCUT2D eigenvalue weighted by atomic mass is 32.1. The van der Waals surface area contributed by atoms with Gasteiger partial charge in [0.2, 0.25) is 0 Å². The van der Waals surface area contributed by atoms with Gasteiger partial charge in [-0.15, -0.1) is 0 Å². The van der Waals surface area contributed by atoms with Gasteiger partial charge in [0.15, 0.2) is 0 Å². The van der Waals surface area contributed by atoms with Gasteiger partial charge >= 0.3 is 0 Å². The number of H-pyrrole nitrogens is 1. The molecular formula is C12H12N2S. The van der Waals surface area contributed by atoms with Crippen LogP contribution in [0.4, 0.5) is 0 Å². The lowest BCUT2D eigenvalue weighted by molar-refractivity contribution is 1.15. The van der Waals surface area contributed by atoms with E-state index in [1.54, 1.807) is 6.33 Å². The lowest BCUT2D eigenvalue weighted by atomic mass is 10.1. The van der Waals surface area contributed by atoms with E-state index >= 15 is 0 Å². The summed E-state index contributed by atoms with van der Waals surface area (Å²) in [6.45, 7) is 4.18. The molecule has 0 fully saturated rings. The van der Waals surface area contributed by atoms with Gasteiger partial charge in [0.25, 0.3) is 0 Å².